The second kappa shape index (κ2) is 6.48. The molecule has 1 heterocycles. The topological polar surface area (TPSA) is 44.2 Å². The molecule has 4 nitrogen and oxygen atoms in total. The minimum Gasteiger partial charge on any atom is -0.497 e. The Balaban J connectivity index is 1.92. The lowest BCUT2D eigenvalue weighted by molar-refractivity contribution is 0.414. The van der Waals surface area contributed by atoms with Crippen LogP contribution in [0.15, 0.2) is 54.6 Å². The Hall–Kier alpha value is -2.88. The first-order valence-electron chi connectivity index (χ1n) is 7.34. The van der Waals surface area contributed by atoms with E-state index in [-0.39, 0.29) is 0 Å². The normalized spacial score (nSPS) is 10.4. The molecule has 0 atom stereocenters. The molecule has 0 aliphatic heterocycles. The van der Waals surface area contributed by atoms with E-state index in [0.29, 0.717) is 0 Å². The highest BCUT2D eigenvalue weighted by Crippen LogP contribution is 2.26. The first-order chi connectivity index (χ1) is 11.2. The SMILES string of the molecule is COc1ccc(-c2cc(C)c(-c3ccc(OC)cc3)nn2)cc1. The van der Waals surface area contributed by atoms with Gasteiger partial charge in [-0.2, -0.15) is 0 Å². The van der Waals surface area contributed by atoms with Gasteiger partial charge in [0.15, 0.2) is 0 Å². The van der Waals surface area contributed by atoms with Gasteiger partial charge in [-0.05, 0) is 67.1 Å². The van der Waals surface area contributed by atoms with Crippen LogP contribution in [-0.4, -0.2) is 24.4 Å². The number of nitrogens with zero attached hydrogens (tertiary/aromatic N) is 2. The molecule has 1 aromatic heterocycles. The molecule has 0 aliphatic carbocycles. The molecule has 0 amide bonds. The molecule has 116 valence electrons. The molecule has 0 saturated carbocycles. The van der Waals surface area contributed by atoms with Gasteiger partial charge in [-0.15, -0.1) is 10.2 Å². The summed E-state index contributed by atoms with van der Waals surface area (Å²) >= 11 is 0. The van der Waals surface area contributed by atoms with Gasteiger partial charge >= 0.3 is 0 Å². The molecule has 0 fully saturated rings. The maximum absolute atomic E-state index is 5.18. The van der Waals surface area contributed by atoms with Crippen molar-refractivity contribution in [3.05, 3.63) is 60.2 Å². The number of aryl methyl sites for hydroxylation is 1. The Bertz CT molecular complexity index is 797. The third-order valence-corrected chi connectivity index (χ3v) is 3.73. The fourth-order valence-electron chi connectivity index (χ4n) is 2.42. The van der Waals surface area contributed by atoms with E-state index in [0.717, 1.165) is 39.6 Å². The highest BCUT2D eigenvalue weighted by Gasteiger charge is 2.08. The van der Waals surface area contributed by atoms with E-state index in [1.807, 2.05) is 61.5 Å². The highest BCUT2D eigenvalue weighted by molar-refractivity contribution is 5.67. The standard InChI is InChI=1S/C19H18N2O2/c1-13-12-18(14-4-8-16(22-2)9-5-14)20-21-19(13)15-6-10-17(23-3)11-7-15/h4-12H,1-3H3. The number of methoxy groups -OCH3 is 2. The molecule has 0 aliphatic rings. The average Bonchev–Trinajstić information content (AvgIpc) is 2.62. The number of ether oxygens (including phenoxy) is 2. The van der Waals surface area contributed by atoms with E-state index < -0.39 is 0 Å². The molecule has 0 spiro atoms. The Morgan fingerprint density at radius 3 is 1.70 bits per heavy atom. The molecule has 0 bridgehead atoms. The molecule has 0 N–H and O–H groups in total. The van der Waals surface area contributed by atoms with Gasteiger partial charge in [0.2, 0.25) is 0 Å². The maximum atomic E-state index is 5.18. The molecule has 0 saturated heterocycles. The van der Waals surface area contributed by atoms with Gasteiger partial charge in [-0.3, -0.25) is 0 Å². The van der Waals surface area contributed by atoms with E-state index in [1.165, 1.54) is 0 Å². The van der Waals surface area contributed by atoms with Crippen LogP contribution in [0.25, 0.3) is 22.5 Å². The van der Waals surface area contributed by atoms with Gasteiger partial charge in [-0.25, -0.2) is 0 Å². The van der Waals surface area contributed by atoms with Crippen LogP contribution in [0.2, 0.25) is 0 Å². The molecular weight excluding hydrogens is 288 g/mol. The summed E-state index contributed by atoms with van der Waals surface area (Å²) in [6.45, 7) is 2.04. The van der Waals surface area contributed by atoms with E-state index in [2.05, 4.69) is 10.2 Å². The van der Waals surface area contributed by atoms with Crippen LogP contribution in [0, 0.1) is 6.92 Å². The maximum Gasteiger partial charge on any atom is 0.118 e. The van der Waals surface area contributed by atoms with Crippen molar-refractivity contribution in [3.63, 3.8) is 0 Å². The summed E-state index contributed by atoms with van der Waals surface area (Å²) in [4.78, 5) is 0. The van der Waals surface area contributed by atoms with Crippen molar-refractivity contribution in [2.75, 3.05) is 14.2 Å². The molecule has 4 heteroatoms. The highest BCUT2D eigenvalue weighted by atomic mass is 16.5. The Morgan fingerprint density at radius 1 is 0.696 bits per heavy atom. The summed E-state index contributed by atoms with van der Waals surface area (Å²) in [6, 6.07) is 17.7. The van der Waals surface area contributed by atoms with E-state index in [9.17, 15) is 0 Å². The van der Waals surface area contributed by atoms with Gasteiger partial charge in [-0.1, -0.05) is 0 Å². The van der Waals surface area contributed by atoms with Gasteiger partial charge in [0.1, 0.15) is 11.5 Å². The lowest BCUT2D eigenvalue weighted by Gasteiger charge is -2.08. The fourth-order valence-corrected chi connectivity index (χ4v) is 2.42. The third-order valence-electron chi connectivity index (χ3n) is 3.73. The zero-order valence-electron chi connectivity index (χ0n) is 13.4. The molecule has 2 aromatic carbocycles. The third kappa shape index (κ3) is 3.16. The van der Waals surface area contributed by atoms with Gasteiger partial charge in [0.25, 0.3) is 0 Å². The molecule has 3 rings (SSSR count). The average molecular weight is 306 g/mol. The van der Waals surface area contributed by atoms with Crippen molar-refractivity contribution in [2.45, 2.75) is 6.92 Å². The van der Waals surface area contributed by atoms with Crippen LogP contribution >= 0.6 is 0 Å². The first kappa shape index (κ1) is 15.0. The summed E-state index contributed by atoms with van der Waals surface area (Å²) in [5, 5.41) is 8.76. The number of benzene rings is 2. The Kier molecular flexibility index (Phi) is 4.24. The minimum absolute atomic E-state index is 0.827. The van der Waals surface area contributed by atoms with Crippen molar-refractivity contribution in [1.29, 1.82) is 0 Å². The Morgan fingerprint density at radius 2 is 1.22 bits per heavy atom. The summed E-state index contributed by atoms with van der Waals surface area (Å²) in [5.41, 5.74) is 4.85. The van der Waals surface area contributed by atoms with Crippen molar-refractivity contribution >= 4 is 0 Å². The monoisotopic (exact) mass is 306 g/mol. The molecule has 3 aromatic rings. The second-order valence-electron chi connectivity index (χ2n) is 5.22. The number of rotatable bonds is 4. The van der Waals surface area contributed by atoms with Gasteiger partial charge in [0, 0.05) is 11.1 Å². The van der Waals surface area contributed by atoms with Gasteiger partial charge < -0.3 is 9.47 Å². The zero-order chi connectivity index (χ0) is 16.2. The predicted octanol–water partition coefficient (Wildman–Crippen LogP) is 4.14. The first-order valence-corrected chi connectivity index (χ1v) is 7.34. The number of aromatic nitrogens is 2. The number of hydrogen-bond acceptors (Lipinski definition) is 4. The van der Waals surface area contributed by atoms with Crippen LogP contribution in [0.4, 0.5) is 0 Å². The van der Waals surface area contributed by atoms with Crippen molar-refractivity contribution in [3.8, 4) is 34.0 Å². The predicted molar refractivity (Wildman–Crippen MR) is 90.7 cm³/mol. The van der Waals surface area contributed by atoms with Gasteiger partial charge in [0.05, 0.1) is 25.6 Å². The molecule has 0 radical (unpaired) electrons. The summed E-state index contributed by atoms with van der Waals surface area (Å²) in [6.07, 6.45) is 0. The molecule has 23 heavy (non-hydrogen) atoms. The van der Waals surface area contributed by atoms with Crippen LogP contribution in [0.5, 0.6) is 11.5 Å². The number of hydrogen-bond donors (Lipinski definition) is 0. The van der Waals surface area contributed by atoms with Crippen LogP contribution in [0.1, 0.15) is 5.56 Å². The van der Waals surface area contributed by atoms with Crippen LogP contribution < -0.4 is 9.47 Å². The summed E-state index contributed by atoms with van der Waals surface area (Å²) in [7, 11) is 3.31. The summed E-state index contributed by atoms with van der Waals surface area (Å²) in [5.74, 6) is 1.66. The fraction of sp³-hybridized carbons (Fsp3) is 0.158. The van der Waals surface area contributed by atoms with Crippen molar-refractivity contribution in [1.82, 2.24) is 10.2 Å². The largest absolute Gasteiger partial charge is 0.497 e. The molecule has 0 unspecified atom stereocenters. The minimum atomic E-state index is 0.827. The van der Waals surface area contributed by atoms with Crippen LogP contribution in [0.3, 0.4) is 0 Å². The second-order valence-corrected chi connectivity index (χ2v) is 5.22. The van der Waals surface area contributed by atoms with E-state index >= 15 is 0 Å². The zero-order valence-corrected chi connectivity index (χ0v) is 13.4. The quantitative estimate of drug-likeness (QED) is 0.727. The van der Waals surface area contributed by atoms with E-state index in [4.69, 9.17) is 9.47 Å². The lowest BCUT2D eigenvalue weighted by atomic mass is 10.0. The smallest absolute Gasteiger partial charge is 0.118 e. The van der Waals surface area contributed by atoms with Crippen molar-refractivity contribution < 1.29 is 9.47 Å². The lowest BCUT2D eigenvalue weighted by Crippen LogP contribution is -1.95. The summed E-state index contributed by atoms with van der Waals surface area (Å²) < 4.78 is 10.4. The molecular formula is C19H18N2O2. The van der Waals surface area contributed by atoms with Crippen LogP contribution in [-0.2, 0) is 0 Å². The van der Waals surface area contributed by atoms with E-state index in [1.54, 1.807) is 14.2 Å². The van der Waals surface area contributed by atoms with Crippen molar-refractivity contribution in [2.24, 2.45) is 0 Å². The Labute approximate surface area is 135 Å².